The molecule has 6 heteroatoms. The molecule has 2 aromatic rings. The Morgan fingerprint density at radius 1 is 1.03 bits per heavy atom. The fourth-order valence-electron chi connectivity index (χ4n) is 4.27. The second kappa shape index (κ2) is 13.0. The van der Waals surface area contributed by atoms with Gasteiger partial charge < -0.3 is 10.2 Å². The summed E-state index contributed by atoms with van der Waals surface area (Å²) in [4.78, 5) is 28.4. The molecule has 0 aliphatic heterocycles. The van der Waals surface area contributed by atoms with Crippen LogP contribution in [0.2, 0.25) is 5.02 Å². The van der Waals surface area contributed by atoms with Crippen molar-refractivity contribution in [2.45, 2.75) is 76.8 Å². The predicted molar refractivity (Wildman–Crippen MR) is 138 cm³/mol. The summed E-state index contributed by atoms with van der Waals surface area (Å²) in [6.45, 7) is 4.48. The summed E-state index contributed by atoms with van der Waals surface area (Å²) in [6.07, 6.45) is 6.23. The van der Waals surface area contributed by atoms with Crippen LogP contribution in [0.15, 0.2) is 48.5 Å². The number of aryl methyl sites for hydroxylation is 1. The predicted octanol–water partition coefficient (Wildman–Crippen LogP) is 6.14. The Bertz CT molecular complexity index is 895. The van der Waals surface area contributed by atoms with Crippen LogP contribution in [0.4, 0.5) is 0 Å². The summed E-state index contributed by atoms with van der Waals surface area (Å²) in [5.74, 6) is 1.04. The Hall–Kier alpha value is -1.98. The Labute approximate surface area is 207 Å². The van der Waals surface area contributed by atoms with Gasteiger partial charge in [-0.2, -0.15) is 0 Å². The number of hydrogen-bond donors (Lipinski definition) is 1. The molecular weight excluding hydrogens is 452 g/mol. The van der Waals surface area contributed by atoms with Crippen molar-refractivity contribution in [1.29, 1.82) is 0 Å². The third-order valence-electron chi connectivity index (χ3n) is 6.22. The molecule has 1 atom stereocenters. The zero-order chi connectivity index (χ0) is 23.6. The zero-order valence-corrected chi connectivity index (χ0v) is 21.3. The van der Waals surface area contributed by atoms with Crippen LogP contribution in [0.5, 0.6) is 0 Å². The lowest BCUT2D eigenvalue weighted by molar-refractivity contribution is -0.139. The van der Waals surface area contributed by atoms with Crippen molar-refractivity contribution < 1.29 is 9.59 Å². The van der Waals surface area contributed by atoms with E-state index in [-0.39, 0.29) is 17.9 Å². The van der Waals surface area contributed by atoms with Crippen LogP contribution in [-0.4, -0.2) is 34.6 Å². The van der Waals surface area contributed by atoms with E-state index in [0.717, 1.165) is 42.6 Å². The molecule has 1 fully saturated rings. The first-order chi connectivity index (χ1) is 16.0. The molecule has 0 bridgehead atoms. The lowest BCUT2D eigenvalue weighted by Crippen LogP contribution is -2.52. The lowest BCUT2D eigenvalue weighted by atomic mass is 9.95. The highest BCUT2D eigenvalue weighted by Crippen LogP contribution is 2.21. The molecule has 178 valence electrons. The number of thioether (sulfide) groups is 1. The van der Waals surface area contributed by atoms with Gasteiger partial charge in [0.15, 0.2) is 0 Å². The molecule has 2 amide bonds. The summed E-state index contributed by atoms with van der Waals surface area (Å²) < 4.78 is 0. The highest BCUT2D eigenvalue weighted by Gasteiger charge is 2.30. The number of carbonyl (C=O) groups excluding carboxylic acids is 2. The average molecular weight is 487 g/mol. The fourth-order valence-corrected chi connectivity index (χ4v) is 5.27. The number of nitrogens with one attached hydrogen (secondary N) is 1. The number of halogens is 1. The van der Waals surface area contributed by atoms with Crippen molar-refractivity contribution in [3.8, 4) is 0 Å². The molecule has 1 saturated carbocycles. The molecule has 1 N–H and O–H groups in total. The molecule has 33 heavy (non-hydrogen) atoms. The van der Waals surface area contributed by atoms with E-state index >= 15 is 0 Å². The molecule has 1 aliphatic rings. The smallest absolute Gasteiger partial charge is 0.243 e. The normalized spacial score (nSPS) is 15.1. The van der Waals surface area contributed by atoms with Crippen LogP contribution in [0, 0.1) is 6.92 Å². The first-order valence-electron chi connectivity index (χ1n) is 11.9. The number of hydrogen-bond acceptors (Lipinski definition) is 3. The molecule has 0 aromatic heterocycles. The minimum absolute atomic E-state index is 0.000169. The Morgan fingerprint density at radius 2 is 1.67 bits per heavy atom. The van der Waals surface area contributed by atoms with Gasteiger partial charge in [0, 0.05) is 23.4 Å². The lowest BCUT2D eigenvalue weighted by Gasteiger charge is -2.32. The highest BCUT2D eigenvalue weighted by molar-refractivity contribution is 7.99. The van der Waals surface area contributed by atoms with E-state index in [1.807, 2.05) is 50.2 Å². The van der Waals surface area contributed by atoms with E-state index in [0.29, 0.717) is 23.7 Å². The van der Waals surface area contributed by atoms with E-state index in [2.05, 4.69) is 17.4 Å². The van der Waals surface area contributed by atoms with E-state index < -0.39 is 6.04 Å². The Morgan fingerprint density at radius 3 is 2.30 bits per heavy atom. The maximum atomic E-state index is 13.4. The van der Waals surface area contributed by atoms with Gasteiger partial charge in [0.25, 0.3) is 0 Å². The molecule has 4 nitrogen and oxygen atoms in total. The maximum absolute atomic E-state index is 13.4. The van der Waals surface area contributed by atoms with E-state index in [9.17, 15) is 9.59 Å². The van der Waals surface area contributed by atoms with Crippen molar-refractivity contribution in [3.05, 3.63) is 70.2 Å². The molecule has 0 unspecified atom stereocenters. The average Bonchev–Trinajstić information content (AvgIpc) is 2.82. The minimum atomic E-state index is -0.461. The van der Waals surface area contributed by atoms with Gasteiger partial charge in [-0.3, -0.25) is 9.59 Å². The summed E-state index contributed by atoms with van der Waals surface area (Å²) in [6, 6.07) is 15.7. The Balaban J connectivity index is 1.68. The molecule has 2 aromatic carbocycles. The largest absolute Gasteiger partial charge is 0.352 e. The second-order valence-corrected chi connectivity index (χ2v) is 10.3. The third kappa shape index (κ3) is 8.08. The number of benzene rings is 2. The Kier molecular flexibility index (Phi) is 10.1. The zero-order valence-electron chi connectivity index (χ0n) is 19.7. The fraction of sp³-hybridized carbons (Fsp3) is 0.481. The molecule has 1 aliphatic carbocycles. The summed E-state index contributed by atoms with van der Waals surface area (Å²) >= 11 is 7.54. The number of rotatable bonds is 10. The molecule has 0 heterocycles. The van der Waals surface area contributed by atoms with Gasteiger partial charge in [-0.05, 0) is 49.4 Å². The van der Waals surface area contributed by atoms with Crippen molar-refractivity contribution in [3.63, 3.8) is 0 Å². The van der Waals surface area contributed by atoms with Crippen molar-refractivity contribution in [1.82, 2.24) is 10.2 Å². The monoisotopic (exact) mass is 486 g/mol. The van der Waals surface area contributed by atoms with E-state index in [4.69, 9.17) is 11.6 Å². The summed E-state index contributed by atoms with van der Waals surface area (Å²) in [5.41, 5.74) is 3.35. The van der Waals surface area contributed by atoms with Crippen molar-refractivity contribution in [2.75, 3.05) is 5.75 Å². The summed E-state index contributed by atoms with van der Waals surface area (Å²) in [7, 11) is 0. The van der Waals surface area contributed by atoms with Crippen LogP contribution in [0.1, 0.15) is 62.1 Å². The molecule has 0 radical (unpaired) electrons. The van der Waals surface area contributed by atoms with Gasteiger partial charge in [-0.25, -0.2) is 0 Å². The standard InChI is InChI=1S/C27H35ClN2O2S/c1-3-25(27(32)29-24-7-5-4-6-8-24)30(17-21-11-9-20(2)10-12-21)26(31)19-33-18-22-13-15-23(28)16-14-22/h9-16,24-25H,3-8,17-19H2,1-2H3,(H,29,32)/t25-/m0/s1. The van der Waals surface area contributed by atoms with Gasteiger partial charge in [0.2, 0.25) is 11.8 Å². The van der Waals surface area contributed by atoms with Gasteiger partial charge >= 0.3 is 0 Å². The SMILES string of the molecule is CC[C@@H](C(=O)NC1CCCCC1)N(Cc1ccc(C)cc1)C(=O)CSCc1ccc(Cl)cc1. The quantitative estimate of drug-likeness (QED) is 0.439. The maximum Gasteiger partial charge on any atom is 0.243 e. The molecular formula is C27H35ClN2O2S. The minimum Gasteiger partial charge on any atom is -0.352 e. The number of carbonyl (C=O) groups is 2. The van der Waals surface area contributed by atoms with Crippen molar-refractivity contribution >= 4 is 35.2 Å². The van der Waals surface area contributed by atoms with E-state index in [1.54, 1.807) is 16.7 Å². The summed E-state index contributed by atoms with van der Waals surface area (Å²) in [5, 5.41) is 3.94. The highest BCUT2D eigenvalue weighted by atomic mass is 35.5. The van der Waals surface area contributed by atoms with Gasteiger partial charge in [-0.1, -0.05) is 79.7 Å². The molecule has 3 rings (SSSR count). The molecule has 0 spiro atoms. The number of nitrogens with zero attached hydrogens (tertiary/aromatic N) is 1. The van der Waals surface area contributed by atoms with Crippen LogP contribution < -0.4 is 5.32 Å². The van der Waals surface area contributed by atoms with Gasteiger partial charge in [0.05, 0.1) is 5.75 Å². The molecule has 0 saturated heterocycles. The number of amides is 2. The van der Waals surface area contributed by atoms with Crippen LogP contribution in [0.3, 0.4) is 0 Å². The van der Waals surface area contributed by atoms with Crippen LogP contribution in [0.25, 0.3) is 0 Å². The topological polar surface area (TPSA) is 49.4 Å². The van der Waals surface area contributed by atoms with E-state index in [1.165, 1.54) is 12.0 Å². The van der Waals surface area contributed by atoms with Crippen LogP contribution in [-0.2, 0) is 21.9 Å². The van der Waals surface area contributed by atoms with Gasteiger partial charge in [0.1, 0.15) is 6.04 Å². The first-order valence-corrected chi connectivity index (χ1v) is 13.5. The third-order valence-corrected chi connectivity index (χ3v) is 7.46. The van der Waals surface area contributed by atoms with Gasteiger partial charge in [-0.15, -0.1) is 11.8 Å². The van der Waals surface area contributed by atoms with Crippen LogP contribution >= 0.6 is 23.4 Å². The first kappa shape index (κ1) is 25.6. The second-order valence-electron chi connectivity index (χ2n) is 8.89. The van der Waals surface area contributed by atoms with Crippen molar-refractivity contribution in [2.24, 2.45) is 0 Å².